The number of thioether (sulfide) groups is 1. The number of anilines is 1. The number of amides is 1. The third kappa shape index (κ3) is 3.18. The first-order chi connectivity index (χ1) is 11.1. The van der Waals surface area contributed by atoms with Gasteiger partial charge >= 0.3 is 0 Å². The number of nitriles is 1. The number of fused-ring (bicyclic) bond motifs is 1. The van der Waals surface area contributed by atoms with Crippen LogP contribution in [0.1, 0.15) is 28.8 Å². The third-order valence-corrected chi connectivity index (χ3v) is 5.91. The summed E-state index contributed by atoms with van der Waals surface area (Å²) in [5.41, 5.74) is 1.67. The minimum atomic E-state index is -0.561. The highest BCUT2D eigenvalue weighted by Crippen LogP contribution is 2.37. The number of rotatable bonds is 4. The molecule has 0 saturated heterocycles. The first-order valence-electron chi connectivity index (χ1n) is 7.10. The van der Waals surface area contributed by atoms with Crippen LogP contribution < -0.4 is 15.1 Å². The summed E-state index contributed by atoms with van der Waals surface area (Å²) < 4.78 is 5.80. The Labute approximate surface area is 140 Å². The maximum absolute atomic E-state index is 12.1. The minimum Gasteiger partial charge on any atom is -0.538 e. The summed E-state index contributed by atoms with van der Waals surface area (Å²) >= 11 is 2.54. The molecule has 0 spiro atoms. The van der Waals surface area contributed by atoms with Crippen molar-refractivity contribution >= 4 is 34.0 Å². The number of hydrogen-bond donors (Lipinski definition) is 1. The molecule has 0 aliphatic heterocycles. The molecule has 0 bridgehead atoms. The van der Waals surface area contributed by atoms with E-state index < -0.39 is 5.95 Å². The zero-order valence-corrected chi connectivity index (χ0v) is 14.1. The van der Waals surface area contributed by atoms with Crippen molar-refractivity contribution in [3.8, 4) is 12.0 Å². The number of nitrogens with one attached hydrogen (secondary N) is 1. The zero-order valence-electron chi connectivity index (χ0n) is 12.4. The van der Waals surface area contributed by atoms with Crippen molar-refractivity contribution in [1.29, 1.82) is 5.26 Å². The summed E-state index contributed by atoms with van der Waals surface area (Å²) in [5.74, 6) is -0.766. The van der Waals surface area contributed by atoms with E-state index >= 15 is 0 Å². The molecular weight excluding hydrogens is 336 g/mol. The molecule has 3 rings (SSSR count). The third-order valence-electron chi connectivity index (χ3n) is 3.59. The molecule has 23 heavy (non-hydrogen) atoms. The minimum absolute atomic E-state index is 0.0533. The molecule has 1 aliphatic rings. The fourth-order valence-corrected chi connectivity index (χ4v) is 4.50. The van der Waals surface area contributed by atoms with Crippen LogP contribution in [0.4, 0.5) is 5.00 Å². The van der Waals surface area contributed by atoms with E-state index in [0.717, 1.165) is 43.0 Å². The Morgan fingerprint density at radius 2 is 2.35 bits per heavy atom. The molecule has 1 amide bonds. The lowest BCUT2D eigenvalue weighted by atomic mass is 9.96. The first-order valence-corrected chi connectivity index (χ1v) is 8.90. The highest BCUT2D eigenvalue weighted by molar-refractivity contribution is 7.99. The Hall–Kier alpha value is -2.05. The van der Waals surface area contributed by atoms with Crippen LogP contribution >= 0.6 is 23.1 Å². The average molecular weight is 350 g/mol. The molecule has 0 atom stereocenters. The van der Waals surface area contributed by atoms with Gasteiger partial charge in [-0.25, -0.2) is 0 Å². The molecule has 0 aromatic carbocycles. The normalized spacial score (nSPS) is 13.4. The van der Waals surface area contributed by atoms with Crippen molar-refractivity contribution in [2.45, 2.75) is 30.7 Å². The van der Waals surface area contributed by atoms with Gasteiger partial charge in [0, 0.05) is 4.88 Å². The molecular formula is C14H14N4O3S2. The van der Waals surface area contributed by atoms with Crippen molar-refractivity contribution in [2.75, 3.05) is 11.1 Å². The second kappa shape index (κ2) is 6.60. The highest BCUT2D eigenvalue weighted by atomic mass is 32.2. The van der Waals surface area contributed by atoms with E-state index in [1.54, 1.807) is 7.05 Å². The molecule has 9 heteroatoms. The van der Waals surface area contributed by atoms with Crippen LogP contribution in [0, 0.1) is 11.3 Å². The second-order valence-corrected chi connectivity index (χ2v) is 7.22. The molecule has 0 radical (unpaired) electrons. The van der Waals surface area contributed by atoms with Crippen LogP contribution in [-0.2, 0) is 24.7 Å². The fourth-order valence-electron chi connectivity index (χ4n) is 2.53. The Bertz CT molecular complexity index is 771. The van der Waals surface area contributed by atoms with E-state index in [-0.39, 0.29) is 16.7 Å². The van der Waals surface area contributed by atoms with Crippen molar-refractivity contribution in [1.82, 2.24) is 5.27 Å². The standard InChI is InChI=1S/C14H14N4O3S2/c1-18-13(14(20)21-17-18)22-7-11(19)16-12-9(6-15)8-4-2-3-5-10(8)23-12/h2-5,7H2,1H3,(H-,16,17,19,20). The van der Waals surface area contributed by atoms with E-state index in [1.807, 2.05) is 0 Å². The lowest BCUT2D eigenvalue weighted by molar-refractivity contribution is -0.772. The van der Waals surface area contributed by atoms with Crippen LogP contribution in [0.3, 0.4) is 0 Å². The quantitative estimate of drug-likeness (QED) is 0.654. The predicted octanol–water partition coefficient (Wildman–Crippen LogP) is 1.12. The van der Waals surface area contributed by atoms with Gasteiger partial charge in [0.15, 0.2) is 13.0 Å². The highest BCUT2D eigenvalue weighted by Gasteiger charge is 2.22. The second-order valence-electron chi connectivity index (χ2n) is 5.15. The maximum Gasteiger partial charge on any atom is 0.291 e. The summed E-state index contributed by atoms with van der Waals surface area (Å²) in [4.78, 5) is 13.3. The van der Waals surface area contributed by atoms with Gasteiger partial charge in [-0.05, 0) is 43.0 Å². The van der Waals surface area contributed by atoms with Gasteiger partial charge < -0.3 is 14.9 Å². The summed E-state index contributed by atoms with van der Waals surface area (Å²) in [6.07, 6.45) is 4.07. The lowest BCUT2D eigenvalue weighted by Gasteiger charge is -2.09. The largest absolute Gasteiger partial charge is 0.538 e. The Morgan fingerprint density at radius 3 is 3.04 bits per heavy atom. The van der Waals surface area contributed by atoms with E-state index in [2.05, 4.69) is 21.2 Å². The molecule has 2 heterocycles. The van der Waals surface area contributed by atoms with E-state index in [1.165, 1.54) is 20.9 Å². The number of carbonyl (C=O) groups is 1. The van der Waals surface area contributed by atoms with Gasteiger partial charge in [0.05, 0.1) is 16.6 Å². The molecule has 1 N–H and O–H groups in total. The van der Waals surface area contributed by atoms with Gasteiger partial charge in [-0.1, -0.05) is 4.68 Å². The zero-order chi connectivity index (χ0) is 16.4. The number of nitrogens with zero attached hydrogens (tertiary/aromatic N) is 3. The number of carbonyl (C=O) groups excluding carboxylic acids is 1. The van der Waals surface area contributed by atoms with Crippen LogP contribution in [0.2, 0.25) is 0 Å². The topological polar surface area (TPSA) is 106 Å². The fraction of sp³-hybridized carbons (Fsp3) is 0.429. The number of hydrogen-bond acceptors (Lipinski definition) is 7. The Morgan fingerprint density at radius 1 is 1.57 bits per heavy atom. The number of aromatic nitrogens is 2. The van der Waals surface area contributed by atoms with Gasteiger partial charge in [-0.3, -0.25) is 4.79 Å². The van der Waals surface area contributed by atoms with Gasteiger partial charge in [0.2, 0.25) is 5.91 Å². The average Bonchev–Trinajstić information content (AvgIpc) is 3.05. The van der Waals surface area contributed by atoms with Crippen LogP contribution in [0.25, 0.3) is 0 Å². The van der Waals surface area contributed by atoms with Gasteiger partial charge in [0.1, 0.15) is 11.1 Å². The van der Waals surface area contributed by atoms with Crippen molar-refractivity contribution in [3.63, 3.8) is 0 Å². The maximum atomic E-state index is 12.1. The van der Waals surface area contributed by atoms with Gasteiger partial charge in [-0.15, -0.1) is 11.3 Å². The summed E-state index contributed by atoms with van der Waals surface area (Å²) in [5, 5.41) is 27.9. The molecule has 7 nitrogen and oxygen atoms in total. The smallest absolute Gasteiger partial charge is 0.291 e. The Balaban J connectivity index is 1.69. The van der Waals surface area contributed by atoms with E-state index in [4.69, 9.17) is 0 Å². The summed E-state index contributed by atoms with van der Waals surface area (Å²) in [6, 6.07) is 2.21. The molecule has 2 aromatic heterocycles. The van der Waals surface area contributed by atoms with Crippen LogP contribution in [-0.4, -0.2) is 16.9 Å². The summed E-state index contributed by atoms with van der Waals surface area (Å²) in [6.45, 7) is 0. The van der Waals surface area contributed by atoms with Crippen molar-refractivity contribution in [2.24, 2.45) is 7.05 Å². The van der Waals surface area contributed by atoms with Crippen LogP contribution in [0.15, 0.2) is 9.55 Å². The van der Waals surface area contributed by atoms with Crippen molar-refractivity contribution < 1.29 is 19.1 Å². The van der Waals surface area contributed by atoms with Crippen LogP contribution in [0.5, 0.6) is 5.95 Å². The number of aryl methyl sites for hydroxylation is 2. The first kappa shape index (κ1) is 15.8. The lowest BCUT2D eigenvalue weighted by Crippen LogP contribution is -2.32. The predicted molar refractivity (Wildman–Crippen MR) is 82.2 cm³/mol. The molecule has 0 unspecified atom stereocenters. The van der Waals surface area contributed by atoms with E-state index in [0.29, 0.717) is 10.6 Å². The van der Waals surface area contributed by atoms with Gasteiger partial charge in [-0.2, -0.15) is 5.26 Å². The molecule has 120 valence electrons. The SMILES string of the molecule is C[n+]1noc([O-])c1SCC(=O)Nc1sc2c(c1C#N)CCCC2. The molecule has 1 aliphatic carbocycles. The molecule has 2 aromatic rings. The monoisotopic (exact) mass is 350 g/mol. The summed E-state index contributed by atoms with van der Waals surface area (Å²) in [7, 11) is 1.58. The number of thiophene rings is 1. The molecule has 0 saturated carbocycles. The van der Waals surface area contributed by atoms with Gasteiger partial charge in [0.25, 0.3) is 5.03 Å². The Kier molecular flexibility index (Phi) is 4.54. The van der Waals surface area contributed by atoms with Crippen molar-refractivity contribution in [3.05, 3.63) is 16.0 Å². The molecule has 0 fully saturated rings. The van der Waals surface area contributed by atoms with E-state index in [9.17, 15) is 15.2 Å².